The van der Waals surface area contributed by atoms with E-state index in [4.69, 9.17) is 15.8 Å². The van der Waals surface area contributed by atoms with Crippen molar-refractivity contribution in [2.75, 3.05) is 18.1 Å². The number of nitriles is 1. The molecule has 1 aromatic rings. The van der Waals surface area contributed by atoms with Crippen LogP contribution in [0.1, 0.15) is 23.1 Å². The average molecular weight is 644 g/mol. The topological polar surface area (TPSA) is 221 Å². The van der Waals surface area contributed by atoms with Crippen molar-refractivity contribution >= 4 is 57.6 Å². The minimum absolute atomic E-state index is 0. The van der Waals surface area contributed by atoms with Gasteiger partial charge < -0.3 is 30.4 Å². The van der Waals surface area contributed by atoms with Gasteiger partial charge in [-0.2, -0.15) is 5.26 Å². The Morgan fingerprint density at radius 3 is 2.82 bits per heavy atom. The number of thioether (sulfide) groups is 1. The third kappa shape index (κ3) is 6.49. The number of carboxylic acids is 1. The number of carboxylic acid groups (broad SMARTS) is 1. The first-order valence-corrected chi connectivity index (χ1v) is 14.6. The number of carbonyl (C=O) groups is 4. The number of thiazole rings is 1. The standard InChI is InChI=1S/C26H23N9O6S2.Na/c1-2-41-33-17(16-11-43-26(28)31-16)22(37)32-18-23(38)35-19(25(39)40)14(10-42-24(18)35)6-4-8-34-7-3-5-13-9-15(30-20(13)34)21(36)29-12-27;/h3-7,9,11,18,24H,2,8,10H2,1H3,(H2,28,31)(H,29,36)(H,32,37)(H,39,40);/q;+1/p-1/b6-4+,33-17-;/t18-,24-;/m1./s1. The Morgan fingerprint density at radius 1 is 1.34 bits per heavy atom. The maximum Gasteiger partial charge on any atom is 1.00 e. The van der Waals surface area contributed by atoms with E-state index < -0.39 is 35.1 Å². The first-order chi connectivity index (χ1) is 20.7. The number of aliphatic carboxylic acids is 1. The number of oxime groups is 1. The number of anilines is 1. The van der Waals surface area contributed by atoms with Crippen LogP contribution in [0.3, 0.4) is 0 Å². The largest absolute Gasteiger partial charge is 1.00 e. The molecule has 18 heteroatoms. The Labute approximate surface area is 280 Å². The Morgan fingerprint density at radius 2 is 2.14 bits per heavy atom. The molecule has 5 heterocycles. The zero-order valence-electron chi connectivity index (χ0n) is 23.3. The van der Waals surface area contributed by atoms with Crippen LogP contribution >= 0.6 is 23.1 Å². The number of rotatable bonds is 10. The van der Waals surface area contributed by atoms with E-state index in [0.717, 1.165) is 16.2 Å². The number of hydrogen-bond donors (Lipinski definition) is 3. The summed E-state index contributed by atoms with van der Waals surface area (Å²) in [7, 11) is 0. The molecule has 1 saturated heterocycles. The molecule has 220 valence electrons. The van der Waals surface area contributed by atoms with Crippen LogP contribution in [0.4, 0.5) is 5.13 Å². The van der Waals surface area contributed by atoms with E-state index in [1.165, 1.54) is 17.1 Å². The molecule has 1 fully saturated rings. The van der Waals surface area contributed by atoms with E-state index >= 15 is 0 Å². The Balaban J connectivity index is 0.00000442. The number of fused-ring (bicyclic) bond motifs is 2. The van der Waals surface area contributed by atoms with Crippen LogP contribution < -0.4 is 51.0 Å². The van der Waals surface area contributed by atoms with E-state index in [1.807, 2.05) is 5.32 Å². The summed E-state index contributed by atoms with van der Waals surface area (Å²) in [5.41, 5.74) is 6.54. The quantitative estimate of drug-likeness (QED) is 0.0495. The van der Waals surface area contributed by atoms with Crippen molar-refractivity contribution in [3.8, 4) is 17.6 Å². The van der Waals surface area contributed by atoms with E-state index in [2.05, 4.69) is 20.4 Å². The minimum Gasteiger partial charge on any atom is -0.543 e. The van der Waals surface area contributed by atoms with E-state index in [1.54, 1.807) is 54.2 Å². The van der Waals surface area contributed by atoms with Crippen molar-refractivity contribution in [2.45, 2.75) is 24.9 Å². The SMILES string of the molecule is CCO/N=C(\C(=O)N[C@@H]1C(=O)N2C(C(=O)[O-])=C(/C=C/Cn3cccc4cc(C(=O)NC#N)nc3-4)CS[C@H]12)c1csc(N)n1.[Na+]. The fourth-order valence-electron chi connectivity index (χ4n) is 4.48. The fourth-order valence-corrected chi connectivity index (χ4v) is 6.35. The molecular weight excluding hydrogens is 621 g/mol. The Bertz CT molecular complexity index is 1730. The van der Waals surface area contributed by atoms with Gasteiger partial charge in [-0.15, -0.1) is 23.1 Å². The molecule has 0 saturated carbocycles. The van der Waals surface area contributed by atoms with Gasteiger partial charge in [0.25, 0.3) is 17.7 Å². The number of amides is 3. The summed E-state index contributed by atoms with van der Waals surface area (Å²) in [6.07, 6.45) is 6.59. The van der Waals surface area contributed by atoms with Crippen molar-refractivity contribution in [2.24, 2.45) is 5.16 Å². The number of allylic oxidation sites excluding steroid dienone is 2. The predicted octanol–water partition coefficient (Wildman–Crippen LogP) is -3.36. The van der Waals surface area contributed by atoms with Crippen LogP contribution in [-0.4, -0.2) is 72.6 Å². The van der Waals surface area contributed by atoms with Gasteiger partial charge in [-0.1, -0.05) is 17.3 Å². The number of nitrogens with two attached hydrogens (primary N) is 1. The molecule has 0 bridgehead atoms. The van der Waals surface area contributed by atoms with Gasteiger partial charge in [0.2, 0.25) is 0 Å². The molecule has 4 N–H and O–H groups in total. The molecule has 2 atom stereocenters. The van der Waals surface area contributed by atoms with Crippen LogP contribution in [-0.2, 0) is 25.8 Å². The van der Waals surface area contributed by atoms with Gasteiger partial charge in [0.1, 0.15) is 35.2 Å². The number of nitrogens with zero attached hydrogens (tertiary/aromatic N) is 6. The zero-order valence-corrected chi connectivity index (χ0v) is 27.0. The smallest absolute Gasteiger partial charge is 0.543 e. The van der Waals surface area contributed by atoms with Gasteiger partial charge in [-0.3, -0.25) is 24.6 Å². The number of β-lactam (4-membered cyclic amide) rings is 1. The molecular formula is C26H22N9NaO6S2. The van der Waals surface area contributed by atoms with Crippen LogP contribution in [0.15, 0.2) is 58.4 Å². The van der Waals surface area contributed by atoms with Crippen molar-refractivity contribution in [3.63, 3.8) is 0 Å². The van der Waals surface area contributed by atoms with Crippen LogP contribution in [0.2, 0.25) is 0 Å². The van der Waals surface area contributed by atoms with Gasteiger partial charge in [-0.05, 0) is 30.7 Å². The number of carbonyl (C=O) groups excluding carboxylic acids is 4. The summed E-state index contributed by atoms with van der Waals surface area (Å²) >= 11 is 2.39. The van der Waals surface area contributed by atoms with Crippen molar-refractivity contribution in [1.29, 1.82) is 5.26 Å². The first kappa shape index (κ1) is 32.7. The third-order valence-electron chi connectivity index (χ3n) is 6.36. The van der Waals surface area contributed by atoms with Crippen LogP contribution in [0.5, 0.6) is 0 Å². The van der Waals surface area contributed by atoms with Gasteiger partial charge in [0.15, 0.2) is 17.0 Å². The normalized spacial score (nSPS) is 17.9. The summed E-state index contributed by atoms with van der Waals surface area (Å²) in [6, 6.07) is 4.07. The molecule has 0 aromatic carbocycles. The fraction of sp³-hybridized carbons (Fsp3) is 0.231. The summed E-state index contributed by atoms with van der Waals surface area (Å²) in [5.74, 6) is -2.77. The maximum absolute atomic E-state index is 13.1. The number of aromatic nitrogens is 3. The second kappa shape index (κ2) is 14.1. The number of pyridine rings is 1. The molecule has 0 aliphatic carbocycles. The maximum atomic E-state index is 13.1. The predicted molar refractivity (Wildman–Crippen MR) is 153 cm³/mol. The van der Waals surface area contributed by atoms with E-state index in [-0.39, 0.29) is 76.4 Å². The number of nitrogen functional groups attached to an aromatic ring is 1. The molecule has 0 radical (unpaired) electrons. The number of hydrogen-bond acceptors (Lipinski definition) is 13. The number of nitrogens with one attached hydrogen (secondary N) is 2. The molecule has 4 aliphatic rings. The summed E-state index contributed by atoms with van der Waals surface area (Å²) in [4.78, 5) is 64.7. The third-order valence-corrected chi connectivity index (χ3v) is 8.33. The Kier molecular flexibility index (Phi) is 10.4. The van der Waals surface area contributed by atoms with Gasteiger partial charge >= 0.3 is 29.6 Å². The van der Waals surface area contributed by atoms with Gasteiger partial charge in [0, 0.05) is 29.4 Å². The summed E-state index contributed by atoms with van der Waals surface area (Å²) in [5, 5.41) is 30.4. The summed E-state index contributed by atoms with van der Waals surface area (Å²) in [6.45, 7) is 2.15. The van der Waals surface area contributed by atoms with Gasteiger partial charge in [0.05, 0.1) is 11.7 Å². The molecule has 1 aromatic heterocycles. The second-order valence-corrected chi connectivity index (χ2v) is 11.0. The zero-order chi connectivity index (χ0) is 30.7. The minimum atomic E-state index is -1.53. The molecule has 0 spiro atoms. The average Bonchev–Trinajstić information content (AvgIpc) is 3.62. The first-order valence-electron chi connectivity index (χ1n) is 12.7. The van der Waals surface area contributed by atoms with Crippen LogP contribution in [0.25, 0.3) is 11.4 Å². The molecule has 0 unspecified atom stereocenters. The molecule has 15 nitrogen and oxygen atoms in total. The van der Waals surface area contributed by atoms with E-state index in [9.17, 15) is 24.3 Å². The van der Waals surface area contributed by atoms with Crippen LogP contribution in [0, 0.1) is 11.5 Å². The molecule has 44 heavy (non-hydrogen) atoms. The van der Waals surface area contributed by atoms with E-state index in [0.29, 0.717) is 17.0 Å². The second-order valence-electron chi connectivity index (χ2n) is 9.00. The van der Waals surface area contributed by atoms with Crippen molar-refractivity contribution in [3.05, 3.63) is 64.6 Å². The molecule has 5 rings (SSSR count). The van der Waals surface area contributed by atoms with Crippen molar-refractivity contribution < 1.29 is 58.7 Å². The Hall–Kier alpha value is -4.21. The molecule has 4 aliphatic heterocycles. The molecule has 3 amide bonds. The van der Waals surface area contributed by atoms with Crippen molar-refractivity contribution in [1.82, 2.24) is 30.1 Å². The monoisotopic (exact) mass is 643 g/mol. The summed E-state index contributed by atoms with van der Waals surface area (Å²) < 4.78 is 1.74. The van der Waals surface area contributed by atoms with Gasteiger partial charge in [-0.25, -0.2) is 9.97 Å².